The maximum atomic E-state index is 12.0. The van der Waals surface area contributed by atoms with E-state index in [1.54, 1.807) is 6.07 Å². The van der Waals surface area contributed by atoms with Crippen LogP contribution in [0.3, 0.4) is 0 Å². The Morgan fingerprint density at radius 3 is 2.61 bits per heavy atom. The highest BCUT2D eigenvalue weighted by molar-refractivity contribution is 9.10. The van der Waals surface area contributed by atoms with Crippen molar-refractivity contribution in [2.75, 3.05) is 7.05 Å². The summed E-state index contributed by atoms with van der Waals surface area (Å²) in [5.74, 6) is 0.0559. The molecule has 2 atom stereocenters. The Kier molecular flexibility index (Phi) is 3.65. The zero-order valence-corrected chi connectivity index (χ0v) is 11.7. The first-order valence-electron chi connectivity index (χ1n) is 5.71. The van der Waals surface area contributed by atoms with Gasteiger partial charge in [0.15, 0.2) is 0 Å². The Morgan fingerprint density at radius 2 is 2.06 bits per heavy atom. The molecule has 1 saturated carbocycles. The van der Waals surface area contributed by atoms with Gasteiger partial charge in [0.1, 0.15) is 10.3 Å². The molecule has 0 bridgehead atoms. The van der Waals surface area contributed by atoms with Crippen LogP contribution in [0.2, 0.25) is 0 Å². The van der Waals surface area contributed by atoms with Crippen LogP contribution in [0.5, 0.6) is 0 Å². The quantitative estimate of drug-likeness (QED) is 0.828. The number of carbonyl (C=O) groups excluding carboxylic acids is 2. The molecule has 0 spiro atoms. The summed E-state index contributed by atoms with van der Waals surface area (Å²) in [5.41, 5.74) is 0.662. The molecular weight excluding hydrogens is 298 g/mol. The summed E-state index contributed by atoms with van der Waals surface area (Å²) in [6.45, 7) is 2.09. The lowest BCUT2D eigenvalue weighted by molar-refractivity contribution is 0.0949. The van der Waals surface area contributed by atoms with E-state index < -0.39 is 0 Å². The molecule has 1 aromatic rings. The van der Waals surface area contributed by atoms with Crippen LogP contribution in [0.4, 0.5) is 0 Å². The largest absolute Gasteiger partial charge is 0.354 e. The van der Waals surface area contributed by atoms with Gasteiger partial charge < -0.3 is 10.6 Å². The number of nitrogens with zero attached hydrogens (tertiary/aromatic N) is 1. The fraction of sp³-hybridized carbons (Fsp3) is 0.417. The van der Waals surface area contributed by atoms with Gasteiger partial charge >= 0.3 is 0 Å². The van der Waals surface area contributed by atoms with Crippen molar-refractivity contribution < 1.29 is 9.59 Å². The van der Waals surface area contributed by atoms with Gasteiger partial charge in [-0.2, -0.15) is 0 Å². The summed E-state index contributed by atoms with van der Waals surface area (Å²) in [6, 6.07) is 3.36. The number of nitrogens with one attached hydrogen (secondary N) is 2. The van der Waals surface area contributed by atoms with Crippen LogP contribution in [0.25, 0.3) is 0 Å². The second-order valence-electron chi connectivity index (χ2n) is 4.44. The molecule has 1 aromatic heterocycles. The van der Waals surface area contributed by atoms with Crippen LogP contribution in [0.15, 0.2) is 16.7 Å². The van der Waals surface area contributed by atoms with E-state index in [4.69, 9.17) is 0 Å². The van der Waals surface area contributed by atoms with Gasteiger partial charge in [-0.3, -0.25) is 9.59 Å². The summed E-state index contributed by atoms with van der Waals surface area (Å²) in [4.78, 5) is 27.5. The molecule has 1 fully saturated rings. The van der Waals surface area contributed by atoms with Crippen molar-refractivity contribution in [1.82, 2.24) is 15.6 Å². The number of aromatic nitrogens is 1. The Hall–Kier alpha value is -1.43. The molecular formula is C12H14BrN3O2. The summed E-state index contributed by atoms with van der Waals surface area (Å²) in [5, 5.41) is 5.39. The highest BCUT2D eigenvalue weighted by Crippen LogP contribution is 2.29. The lowest BCUT2D eigenvalue weighted by atomic mass is 10.2. The van der Waals surface area contributed by atoms with E-state index in [2.05, 4.69) is 38.5 Å². The number of amides is 2. The van der Waals surface area contributed by atoms with E-state index in [0.29, 0.717) is 16.1 Å². The number of hydrogen-bond acceptors (Lipinski definition) is 3. The van der Waals surface area contributed by atoms with Crippen LogP contribution in [-0.2, 0) is 0 Å². The second kappa shape index (κ2) is 5.06. The Labute approximate surface area is 113 Å². The monoisotopic (exact) mass is 311 g/mol. The van der Waals surface area contributed by atoms with Crippen LogP contribution in [0, 0.1) is 5.92 Å². The van der Waals surface area contributed by atoms with Gasteiger partial charge in [0.2, 0.25) is 0 Å². The first-order chi connectivity index (χ1) is 8.51. The Morgan fingerprint density at radius 1 is 1.39 bits per heavy atom. The van der Waals surface area contributed by atoms with Gasteiger partial charge in [-0.05, 0) is 40.4 Å². The highest BCUT2D eigenvalue weighted by Gasteiger charge is 2.34. The normalized spacial score (nSPS) is 21.3. The highest BCUT2D eigenvalue weighted by atomic mass is 79.9. The smallest absolute Gasteiger partial charge is 0.269 e. The number of hydrogen-bond donors (Lipinski definition) is 2. The average molecular weight is 312 g/mol. The SMILES string of the molecule is CNC(=O)c1cc(C(=O)N[C@H]2C[C@@H]2C)cc(Br)n1. The summed E-state index contributed by atoms with van der Waals surface area (Å²) in [6.07, 6.45) is 1.01. The maximum absolute atomic E-state index is 12.0. The first-order valence-corrected chi connectivity index (χ1v) is 6.51. The molecule has 2 rings (SSSR count). The van der Waals surface area contributed by atoms with E-state index in [0.717, 1.165) is 6.42 Å². The van der Waals surface area contributed by atoms with Crippen LogP contribution >= 0.6 is 15.9 Å². The third kappa shape index (κ3) is 2.87. The lowest BCUT2D eigenvalue weighted by Gasteiger charge is -2.06. The minimum absolute atomic E-state index is 0.169. The Bertz CT molecular complexity index is 504. The minimum atomic E-state index is -0.315. The average Bonchev–Trinajstić information content (AvgIpc) is 3.03. The van der Waals surface area contributed by atoms with Crippen molar-refractivity contribution >= 4 is 27.7 Å². The predicted octanol–water partition coefficient (Wildman–Crippen LogP) is 1.34. The van der Waals surface area contributed by atoms with Crippen molar-refractivity contribution in [3.63, 3.8) is 0 Å². The molecule has 1 aliphatic rings. The van der Waals surface area contributed by atoms with Crippen molar-refractivity contribution in [2.45, 2.75) is 19.4 Å². The molecule has 0 radical (unpaired) electrons. The molecule has 0 saturated heterocycles. The van der Waals surface area contributed by atoms with Crippen molar-refractivity contribution in [3.8, 4) is 0 Å². The zero-order chi connectivity index (χ0) is 13.3. The third-order valence-electron chi connectivity index (χ3n) is 2.94. The van der Waals surface area contributed by atoms with Crippen molar-refractivity contribution in [1.29, 1.82) is 0 Å². The van der Waals surface area contributed by atoms with Crippen LogP contribution in [0.1, 0.15) is 34.2 Å². The molecule has 0 unspecified atom stereocenters. The van der Waals surface area contributed by atoms with Gasteiger partial charge in [0, 0.05) is 18.7 Å². The van der Waals surface area contributed by atoms with Crippen molar-refractivity contribution in [3.05, 3.63) is 28.0 Å². The maximum Gasteiger partial charge on any atom is 0.269 e. The molecule has 96 valence electrons. The fourth-order valence-corrected chi connectivity index (χ4v) is 2.08. The molecule has 18 heavy (non-hydrogen) atoms. The van der Waals surface area contributed by atoms with E-state index in [9.17, 15) is 9.59 Å². The number of carbonyl (C=O) groups is 2. The number of pyridine rings is 1. The zero-order valence-electron chi connectivity index (χ0n) is 10.2. The van der Waals surface area contributed by atoms with Gasteiger partial charge in [-0.1, -0.05) is 6.92 Å². The Balaban J connectivity index is 2.19. The van der Waals surface area contributed by atoms with Gasteiger partial charge in [-0.25, -0.2) is 4.98 Å². The summed E-state index contributed by atoms with van der Waals surface area (Å²) < 4.78 is 0.470. The van der Waals surface area contributed by atoms with E-state index in [-0.39, 0.29) is 23.6 Å². The van der Waals surface area contributed by atoms with Gasteiger partial charge in [0.25, 0.3) is 11.8 Å². The molecule has 2 amide bonds. The summed E-state index contributed by atoms with van der Waals surface area (Å²) >= 11 is 3.20. The minimum Gasteiger partial charge on any atom is -0.354 e. The van der Waals surface area contributed by atoms with E-state index in [1.165, 1.54) is 13.1 Å². The van der Waals surface area contributed by atoms with E-state index >= 15 is 0 Å². The molecule has 1 aliphatic carbocycles. The van der Waals surface area contributed by atoms with Crippen LogP contribution in [-0.4, -0.2) is 29.9 Å². The standard InChI is InChI=1S/C12H14BrN3O2/c1-6-3-8(6)16-11(17)7-4-9(12(18)14-2)15-10(13)5-7/h4-6,8H,3H2,1-2H3,(H,14,18)(H,16,17)/t6-,8-/m0/s1. The first kappa shape index (κ1) is 13.0. The van der Waals surface area contributed by atoms with Gasteiger partial charge in [-0.15, -0.1) is 0 Å². The molecule has 6 heteroatoms. The molecule has 5 nitrogen and oxygen atoms in total. The topological polar surface area (TPSA) is 71.1 Å². The lowest BCUT2D eigenvalue weighted by Crippen LogP contribution is -2.27. The van der Waals surface area contributed by atoms with E-state index in [1.807, 2.05) is 0 Å². The molecule has 0 aromatic carbocycles. The summed E-state index contributed by atoms with van der Waals surface area (Å²) in [7, 11) is 1.52. The molecule has 0 aliphatic heterocycles. The predicted molar refractivity (Wildman–Crippen MR) is 70.4 cm³/mol. The second-order valence-corrected chi connectivity index (χ2v) is 5.25. The number of halogens is 1. The number of rotatable bonds is 3. The van der Waals surface area contributed by atoms with Crippen molar-refractivity contribution in [2.24, 2.45) is 5.92 Å². The van der Waals surface area contributed by atoms with Crippen LogP contribution < -0.4 is 10.6 Å². The third-order valence-corrected chi connectivity index (χ3v) is 3.35. The molecule has 2 N–H and O–H groups in total. The molecule has 1 heterocycles. The fourth-order valence-electron chi connectivity index (χ4n) is 1.65. The van der Waals surface area contributed by atoms with Gasteiger partial charge in [0.05, 0.1) is 0 Å².